The third kappa shape index (κ3) is 9.00. The fraction of sp³-hybridized carbons (Fsp3) is 0.946. The number of carbonyl (C=O) groups is 2. The molecule has 0 aromatic rings. The number of hydrogen-bond acceptors (Lipinski definition) is 7. The monoisotopic (exact) mass is 622 g/mol. The van der Waals surface area contributed by atoms with Crippen LogP contribution < -0.4 is 0 Å². The van der Waals surface area contributed by atoms with Gasteiger partial charge in [-0.2, -0.15) is 0 Å². The Balaban J connectivity index is 1.97. The van der Waals surface area contributed by atoms with Gasteiger partial charge in [-0.3, -0.25) is 9.59 Å². The molecule has 0 amide bonds. The molecule has 11 atom stereocenters. The summed E-state index contributed by atoms with van der Waals surface area (Å²) in [4.78, 5) is 24.6. The fourth-order valence-electron chi connectivity index (χ4n) is 8.69. The SMILES string of the molecule is CC(=O)O[C@H]1C[C@H](C)C(C)(C)C[C@H](O)[C@H]([C@@]2(C)CC[C@@H](C(C)(C)O)O2)[C@@H](C)CCC2C[C@H]2CC[C@H](OC(C)=O)C(C)(C)[C@H]1C. The van der Waals surface area contributed by atoms with Crippen molar-refractivity contribution in [3.63, 3.8) is 0 Å². The van der Waals surface area contributed by atoms with E-state index in [1.165, 1.54) is 20.3 Å². The van der Waals surface area contributed by atoms with Crippen LogP contribution in [0.2, 0.25) is 0 Å². The number of hydrogen-bond donors (Lipinski definition) is 2. The highest BCUT2D eigenvalue weighted by molar-refractivity contribution is 5.66. The van der Waals surface area contributed by atoms with E-state index in [4.69, 9.17) is 14.2 Å². The molecule has 3 aliphatic rings. The van der Waals surface area contributed by atoms with Gasteiger partial charge in [0, 0.05) is 31.1 Å². The third-order valence-electron chi connectivity index (χ3n) is 12.5. The maximum atomic E-state index is 12.4. The van der Waals surface area contributed by atoms with Gasteiger partial charge in [0.2, 0.25) is 0 Å². The summed E-state index contributed by atoms with van der Waals surface area (Å²) in [6.07, 6.45) is 6.54. The molecule has 44 heavy (non-hydrogen) atoms. The first kappa shape index (κ1) is 37.3. The average molecular weight is 623 g/mol. The molecule has 3 fully saturated rings. The Morgan fingerprint density at radius 1 is 0.841 bits per heavy atom. The van der Waals surface area contributed by atoms with Crippen LogP contribution in [-0.2, 0) is 23.8 Å². The van der Waals surface area contributed by atoms with E-state index >= 15 is 0 Å². The highest BCUT2D eigenvalue weighted by atomic mass is 16.6. The van der Waals surface area contributed by atoms with Gasteiger partial charge in [-0.25, -0.2) is 0 Å². The summed E-state index contributed by atoms with van der Waals surface area (Å²) in [7, 11) is 0. The molecule has 7 heteroatoms. The van der Waals surface area contributed by atoms with Crippen molar-refractivity contribution in [3.05, 3.63) is 0 Å². The molecule has 0 radical (unpaired) electrons. The van der Waals surface area contributed by atoms with Crippen LogP contribution in [0.1, 0.15) is 141 Å². The quantitative estimate of drug-likeness (QED) is 0.313. The van der Waals surface area contributed by atoms with Crippen molar-refractivity contribution in [1.82, 2.24) is 0 Å². The van der Waals surface area contributed by atoms with E-state index in [1.807, 2.05) is 13.8 Å². The van der Waals surface area contributed by atoms with E-state index < -0.39 is 22.7 Å². The summed E-state index contributed by atoms with van der Waals surface area (Å²) in [6, 6.07) is 0. The molecule has 0 bridgehead atoms. The van der Waals surface area contributed by atoms with Crippen molar-refractivity contribution in [3.8, 4) is 0 Å². The van der Waals surface area contributed by atoms with Gasteiger partial charge in [-0.1, -0.05) is 48.5 Å². The van der Waals surface area contributed by atoms with Crippen molar-refractivity contribution in [2.24, 2.45) is 46.3 Å². The first-order chi connectivity index (χ1) is 20.1. The van der Waals surface area contributed by atoms with Crippen LogP contribution >= 0.6 is 0 Å². The van der Waals surface area contributed by atoms with E-state index in [1.54, 1.807) is 0 Å². The summed E-state index contributed by atoms with van der Waals surface area (Å²) in [6.45, 7) is 24.1. The zero-order chi connectivity index (χ0) is 33.4. The minimum Gasteiger partial charge on any atom is -0.462 e. The number of aliphatic hydroxyl groups excluding tert-OH is 1. The highest BCUT2D eigenvalue weighted by Gasteiger charge is 2.52. The molecule has 0 aromatic carbocycles. The molecule has 7 nitrogen and oxygen atoms in total. The molecule has 1 saturated heterocycles. The normalized spacial score (nSPS) is 42.0. The fourth-order valence-corrected chi connectivity index (χ4v) is 8.69. The van der Waals surface area contributed by atoms with Gasteiger partial charge < -0.3 is 24.4 Å². The maximum Gasteiger partial charge on any atom is 0.302 e. The lowest BCUT2D eigenvalue weighted by molar-refractivity contribution is -0.168. The first-order valence-electron chi connectivity index (χ1n) is 17.5. The molecule has 1 aliphatic heterocycles. The van der Waals surface area contributed by atoms with E-state index in [0.717, 1.165) is 38.5 Å². The average Bonchev–Trinajstić information content (AvgIpc) is 3.50. The van der Waals surface area contributed by atoms with Crippen molar-refractivity contribution in [2.45, 2.75) is 176 Å². The Hall–Kier alpha value is -1.18. The zero-order valence-corrected chi connectivity index (χ0v) is 30.1. The predicted octanol–water partition coefficient (Wildman–Crippen LogP) is 7.49. The number of esters is 2. The largest absolute Gasteiger partial charge is 0.462 e. The smallest absolute Gasteiger partial charge is 0.302 e. The lowest BCUT2D eigenvalue weighted by atomic mass is 9.65. The second kappa shape index (κ2) is 13.9. The van der Waals surface area contributed by atoms with Gasteiger partial charge >= 0.3 is 11.9 Å². The van der Waals surface area contributed by atoms with Gasteiger partial charge in [0.05, 0.1) is 23.4 Å². The van der Waals surface area contributed by atoms with E-state index in [-0.39, 0.29) is 59.3 Å². The lowest BCUT2D eigenvalue weighted by Crippen LogP contribution is -2.49. The molecule has 0 aromatic heterocycles. The van der Waals surface area contributed by atoms with Gasteiger partial charge in [0.25, 0.3) is 0 Å². The number of rotatable bonds is 4. The zero-order valence-electron chi connectivity index (χ0n) is 30.1. The van der Waals surface area contributed by atoms with Gasteiger partial charge in [-0.15, -0.1) is 0 Å². The summed E-state index contributed by atoms with van der Waals surface area (Å²) >= 11 is 0. The minimum atomic E-state index is -0.933. The van der Waals surface area contributed by atoms with Crippen LogP contribution in [0.25, 0.3) is 0 Å². The van der Waals surface area contributed by atoms with Gasteiger partial charge in [-0.05, 0) is 108 Å². The van der Waals surface area contributed by atoms with Crippen molar-refractivity contribution in [1.29, 1.82) is 0 Å². The molecule has 2 aliphatic carbocycles. The third-order valence-corrected chi connectivity index (χ3v) is 12.5. The van der Waals surface area contributed by atoms with Crippen molar-refractivity contribution < 1.29 is 34.0 Å². The predicted molar refractivity (Wildman–Crippen MR) is 174 cm³/mol. The van der Waals surface area contributed by atoms with E-state index in [2.05, 4.69) is 55.4 Å². The Kier molecular flexibility index (Phi) is 11.8. The Bertz CT molecular complexity index is 983. The molecule has 1 unspecified atom stereocenters. The molecular weight excluding hydrogens is 556 g/mol. The second-order valence-corrected chi connectivity index (χ2v) is 17.3. The number of aliphatic hydroxyl groups is 2. The highest BCUT2D eigenvalue weighted by Crippen LogP contribution is 2.52. The van der Waals surface area contributed by atoms with E-state index in [9.17, 15) is 19.8 Å². The number of fused-ring (bicyclic) bond motifs is 1. The summed E-state index contributed by atoms with van der Waals surface area (Å²) in [5.41, 5.74) is -2.11. The van der Waals surface area contributed by atoms with Gasteiger partial charge in [0.15, 0.2) is 0 Å². The number of carbonyl (C=O) groups excluding carboxylic acids is 2. The summed E-state index contributed by atoms with van der Waals surface area (Å²) in [5, 5.41) is 22.9. The molecule has 3 rings (SSSR count). The van der Waals surface area contributed by atoms with Crippen LogP contribution in [0.4, 0.5) is 0 Å². The minimum absolute atomic E-state index is 0.0538. The Morgan fingerprint density at radius 2 is 1.41 bits per heavy atom. The number of ether oxygens (including phenoxy) is 3. The Morgan fingerprint density at radius 3 is 1.93 bits per heavy atom. The van der Waals surface area contributed by atoms with Crippen LogP contribution in [0.5, 0.6) is 0 Å². The first-order valence-corrected chi connectivity index (χ1v) is 17.5. The van der Waals surface area contributed by atoms with Crippen molar-refractivity contribution in [2.75, 3.05) is 0 Å². The molecule has 2 saturated carbocycles. The van der Waals surface area contributed by atoms with Crippen LogP contribution in [0, 0.1) is 46.3 Å². The summed E-state index contributed by atoms with van der Waals surface area (Å²) < 4.78 is 18.7. The molecule has 256 valence electrons. The standard InChI is InChI=1S/C37H66O7/c1-22-13-14-27-20-28(27)15-16-31(43-26(5)39)35(8,9)24(3)30(42-25(4)38)19-23(2)34(6,7)21-29(40)33(22)37(12)18-17-32(44-37)36(10,11)41/h22-24,27-33,40-41H,13-21H2,1-12H3/t22-,23-,24-,27?,28+,29-,30-,31-,32-,33+,37+/m0/s1. The molecule has 0 spiro atoms. The van der Waals surface area contributed by atoms with E-state index in [0.29, 0.717) is 24.7 Å². The van der Waals surface area contributed by atoms with Crippen LogP contribution in [-0.4, -0.2) is 57.8 Å². The van der Waals surface area contributed by atoms with Gasteiger partial charge in [0.1, 0.15) is 12.2 Å². The topological polar surface area (TPSA) is 102 Å². The van der Waals surface area contributed by atoms with Crippen molar-refractivity contribution >= 4 is 11.9 Å². The molecule has 1 heterocycles. The molecular formula is C37H66O7. The second-order valence-electron chi connectivity index (χ2n) is 17.3. The lowest BCUT2D eigenvalue weighted by Gasteiger charge is -2.46. The summed E-state index contributed by atoms with van der Waals surface area (Å²) in [5.74, 6) is 0.956. The van der Waals surface area contributed by atoms with Crippen LogP contribution in [0.3, 0.4) is 0 Å². The maximum absolute atomic E-state index is 12.4. The van der Waals surface area contributed by atoms with Crippen LogP contribution in [0.15, 0.2) is 0 Å². The molecule has 2 N–H and O–H groups in total. The Labute approximate surface area is 268 Å².